The van der Waals surface area contributed by atoms with Gasteiger partial charge in [0, 0.05) is 24.5 Å². The third kappa shape index (κ3) is 2.85. The third-order valence-corrected chi connectivity index (χ3v) is 3.61. The molecule has 1 atom stereocenters. The van der Waals surface area contributed by atoms with Gasteiger partial charge in [0.2, 0.25) is 0 Å². The molecule has 0 radical (unpaired) electrons. The van der Waals surface area contributed by atoms with Crippen molar-refractivity contribution in [3.63, 3.8) is 0 Å². The van der Waals surface area contributed by atoms with Crippen LogP contribution in [0, 0.1) is 0 Å². The fraction of sp³-hybridized carbons (Fsp3) is 0.438. The Labute approximate surface area is 119 Å². The van der Waals surface area contributed by atoms with Gasteiger partial charge in [-0.25, -0.2) is 4.98 Å². The highest BCUT2D eigenvalue weighted by molar-refractivity contribution is 5.36. The number of hydrogen-bond donors (Lipinski definition) is 2. The highest BCUT2D eigenvalue weighted by atomic mass is 16.5. The predicted octanol–water partition coefficient (Wildman–Crippen LogP) is 2.63. The van der Waals surface area contributed by atoms with Crippen LogP contribution in [0.1, 0.15) is 36.8 Å². The van der Waals surface area contributed by atoms with E-state index in [0.29, 0.717) is 18.6 Å². The summed E-state index contributed by atoms with van der Waals surface area (Å²) in [5, 5.41) is 3.39. The second-order valence-electron chi connectivity index (χ2n) is 5.65. The molecular weight excluding hydrogens is 250 g/mol. The van der Waals surface area contributed by atoms with Crippen LogP contribution in [0.3, 0.4) is 0 Å². The molecule has 1 unspecified atom stereocenters. The molecule has 1 aromatic heterocycles. The molecule has 2 heterocycles. The van der Waals surface area contributed by atoms with Crippen LogP contribution >= 0.6 is 0 Å². The standard InChI is InChI=1S/C16H21N3O/c1-11(2)17-8-14-9-18-16(19-14)13-7-12-5-3-4-6-15(12)20-10-13/h3-6,9,11,13,17H,7-8,10H2,1-2H3,(H,18,19). The van der Waals surface area contributed by atoms with E-state index < -0.39 is 0 Å². The first-order valence-electron chi connectivity index (χ1n) is 7.20. The number of para-hydroxylation sites is 1. The summed E-state index contributed by atoms with van der Waals surface area (Å²) >= 11 is 0. The van der Waals surface area contributed by atoms with E-state index in [1.54, 1.807) is 0 Å². The van der Waals surface area contributed by atoms with E-state index in [-0.39, 0.29) is 0 Å². The second-order valence-corrected chi connectivity index (χ2v) is 5.65. The molecule has 4 nitrogen and oxygen atoms in total. The lowest BCUT2D eigenvalue weighted by Gasteiger charge is -2.23. The fourth-order valence-corrected chi connectivity index (χ4v) is 2.49. The Balaban J connectivity index is 1.69. The number of benzene rings is 1. The van der Waals surface area contributed by atoms with Gasteiger partial charge in [-0.2, -0.15) is 0 Å². The molecule has 2 aromatic rings. The molecule has 0 saturated heterocycles. The van der Waals surface area contributed by atoms with Gasteiger partial charge in [-0.3, -0.25) is 0 Å². The highest BCUT2D eigenvalue weighted by Crippen LogP contribution is 2.30. The molecule has 0 amide bonds. The molecule has 0 saturated carbocycles. The van der Waals surface area contributed by atoms with Gasteiger partial charge in [0.25, 0.3) is 0 Å². The zero-order valence-corrected chi connectivity index (χ0v) is 12.0. The number of hydrogen-bond acceptors (Lipinski definition) is 3. The maximum Gasteiger partial charge on any atom is 0.122 e. The van der Waals surface area contributed by atoms with Gasteiger partial charge in [-0.1, -0.05) is 32.0 Å². The van der Waals surface area contributed by atoms with E-state index in [1.165, 1.54) is 5.56 Å². The van der Waals surface area contributed by atoms with Gasteiger partial charge < -0.3 is 15.0 Å². The zero-order chi connectivity index (χ0) is 13.9. The number of nitrogens with one attached hydrogen (secondary N) is 2. The minimum Gasteiger partial charge on any atom is -0.493 e. The average Bonchev–Trinajstić information content (AvgIpc) is 2.93. The van der Waals surface area contributed by atoms with Crippen LogP contribution in [0.4, 0.5) is 0 Å². The minimum atomic E-state index is 0.317. The molecule has 2 N–H and O–H groups in total. The van der Waals surface area contributed by atoms with Crippen molar-refractivity contribution in [2.45, 2.75) is 38.8 Å². The maximum absolute atomic E-state index is 5.82. The van der Waals surface area contributed by atoms with E-state index in [4.69, 9.17) is 4.74 Å². The molecule has 0 aliphatic carbocycles. The highest BCUT2D eigenvalue weighted by Gasteiger charge is 2.23. The normalized spacial score (nSPS) is 17.9. The zero-order valence-electron chi connectivity index (χ0n) is 12.0. The molecule has 3 rings (SSSR count). The monoisotopic (exact) mass is 271 g/mol. The van der Waals surface area contributed by atoms with E-state index in [0.717, 1.165) is 30.2 Å². The van der Waals surface area contributed by atoms with Gasteiger partial charge >= 0.3 is 0 Å². The number of aromatic amines is 1. The molecule has 1 aromatic carbocycles. The van der Waals surface area contributed by atoms with Crippen molar-refractivity contribution in [2.75, 3.05) is 6.61 Å². The van der Waals surface area contributed by atoms with Crippen LogP contribution in [-0.4, -0.2) is 22.6 Å². The molecule has 0 bridgehead atoms. The Morgan fingerprint density at radius 1 is 1.40 bits per heavy atom. The molecule has 0 spiro atoms. The lowest BCUT2D eigenvalue weighted by Crippen LogP contribution is -2.22. The number of ether oxygens (including phenoxy) is 1. The van der Waals surface area contributed by atoms with Crippen LogP contribution in [0.2, 0.25) is 0 Å². The molecule has 0 fully saturated rings. The third-order valence-electron chi connectivity index (χ3n) is 3.61. The first-order chi connectivity index (χ1) is 9.72. The molecule has 20 heavy (non-hydrogen) atoms. The second kappa shape index (κ2) is 5.67. The number of aromatic nitrogens is 2. The molecular formula is C16H21N3O. The van der Waals surface area contributed by atoms with E-state index in [9.17, 15) is 0 Å². The van der Waals surface area contributed by atoms with Gasteiger partial charge in [-0.05, 0) is 18.1 Å². The lowest BCUT2D eigenvalue weighted by atomic mass is 9.96. The number of H-pyrrole nitrogens is 1. The van der Waals surface area contributed by atoms with Crippen molar-refractivity contribution >= 4 is 0 Å². The van der Waals surface area contributed by atoms with E-state index in [1.807, 2.05) is 18.3 Å². The van der Waals surface area contributed by atoms with E-state index >= 15 is 0 Å². The topological polar surface area (TPSA) is 49.9 Å². The first kappa shape index (κ1) is 13.2. The van der Waals surface area contributed by atoms with Crippen molar-refractivity contribution in [2.24, 2.45) is 0 Å². The number of nitrogens with zero attached hydrogens (tertiary/aromatic N) is 1. The van der Waals surface area contributed by atoms with Crippen LogP contribution in [0.5, 0.6) is 5.75 Å². The minimum absolute atomic E-state index is 0.317. The van der Waals surface area contributed by atoms with Crippen molar-refractivity contribution in [1.82, 2.24) is 15.3 Å². The number of imidazole rings is 1. The SMILES string of the molecule is CC(C)NCc1cnc(C2COc3ccccc3C2)[nH]1. The van der Waals surface area contributed by atoms with Gasteiger partial charge in [0.05, 0.1) is 12.5 Å². The van der Waals surface area contributed by atoms with E-state index in [2.05, 4.69) is 41.3 Å². The number of fused-ring (bicyclic) bond motifs is 1. The van der Waals surface area contributed by atoms with Crippen LogP contribution < -0.4 is 10.1 Å². The summed E-state index contributed by atoms with van der Waals surface area (Å²) in [4.78, 5) is 7.93. The average molecular weight is 271 g/mol. The van der Waals surface area contributed by atoms with Crippen molar-refractivity contribution < 1.29 is 4.74 Å². The van der Waals surface area contributed by atoms with Gasteiger partial charge in [0.15, 0.2) is 0 Å². The summed E-state index contributed by atoms with van der Waals surface area (Å²) in [6.07, 6.45) is 2.91. The first-order valence-corrected chi connectivity index (χ1v) is 7.20. The summed E-state index contributed by atoms with van der Waals surface area (Å²) < 4.78 is 5.82. The lowest BCUT2D eigenvalue weighted by molar-refractivity contribution is 0.258. The fourth-order valence-electron chi connectivity index (χ4n) is 2.49. The van der Waals surface area contributed by atoms with Crippen LogP contribution in [0.15, 0.2) is 30.5 Å². The Hall–Kier alpha value is -1.81. The Morgan fingerprint density at radius 2 is 2.25 bits per heavy atom. The largest absolute Gasteiger partial charge is 0.493 e. The molecule has 4 heteroatoms. The summed E-state index contributed by atoms with van der Waals surface area (Å²) in [5.74, 6) is 2.36. The van der Waals surface area contributed by atoms with Crippen LogP contribution in [0.25, 0.3) is 0 Å². The summed E-state index contributed by atoms with van der Waals surface area (Å²) in [6, 6.07) is 8.72. The van der Waals surface area contributed by atoms with Crippen LogP contribution in [-0.2, 0) is 13.0 Å². The molecule has 1 aliphatic rings. The van der Waals surface area contributed by atoms with Crippen molar-refractivity contribution in [3.8, 4) is 5.75 Å². The van der Waals surface area contributed by atoms with Crippen molar-refractivity contribution in [3.05, 3.63) is 47.5 Å². The predicted molar refractivity (Wildman–Crippen MR) is 78.9 cm³/mol. The van der Waals surface area contributed by atoms with Crippen molar-refractivity contribution in [1.29, 1.82) is 0 Å². The Kier molecular flexibility index (Phi) is 3.74. The summed E-state index contributed by atoms with van der Waals surface area (Å²) in [7, 11) is 0. The summed E-state index contributed by atoms with van der Waals surface area (Å²) in [6.45, 7) is 5.81. The van der Waals surface area contributed by atoms with Gasteiger partial charge in [0.1, 0.15) is 11.6 Å². The maximum atomic E-state index is 5.82. The summed E-state index contributed by atoms with van der Waals surface area (Å²) in [5.41, 5.74) is 2.40. The molecule has 106 valence electrons. The Bertz CT molecular complexity index is 577. The quantitative estimate of drug-likeness (QED) is 0.898. The number of rotatable bonds is 4. The molecule has 1 aliphatic heterocycles. The van der Waals surface area contributed by atoms with Gasteiger partial charge in [-0.15, -0.1) is 0 Å². The smallest absolute Gasteiger partial charge is 0.122 e. The Morgan fingerprint density at radius 3 is 3.10 bits per heavy atom.